The maximum atomic E-state index is 13.9. The second kappa shape index (κ2) is 81.6. The first-order valence-corrected chi connectivity index (χ1v) is 38.9. The number of H-pyrrole nitrogens is 3. The summed E-state index contributed by atoms with van der Waals surface area (Å²) in [6.45, 7) is 2.38. The molecule has 4 aromatic carbocycles. The van der Waals surface area contributed by atoms with Gasteiger partial charge in [0.1, 0.15) is 75.2 Å². The molecule has 0 spiro atoms. The Morgan fingerprint density at radius 1 is 0.457 bits per heavy atom. The molecule has 0 saturated heterocycles. The van der Waals surface area contributed by atoms with Crippen molar-refractivity contribution in [2.24, 2.45) is 0 Å². The standard InChI is InChI=1S/C20H18FN3O.C15H12FN2O4P.C15H12FN2O3P.C12H7FN2O.2C4H9O2P.C3H6N2O2P.C2H5O3P.C2H4O3.17CH4.H2OP/c21-13-6-7-14-15(10-13)18-17(8-9-22-20(18)25)24-11-16(23-19(14)24)12-4-2-1-3-5-12;16-8-1-2-10-11(5-8)13-12(3-4-17-14(13)20)18(15(10)21)6-9(19)7-22-23;16-9-1-2-11-12(5-9)13-6-17-4-3-14(13)18(15(11)20)7-10(19)8-21-22;13-7-1-2-8-9(5-7)10-6-14-4-3-11(10)15-12(8)16;2*1-2-4(5)3-6-7;4-5-1-3(6)2-7-8;3-2(4)1-5-6;3-1-2(4)5;;;;;;;;;;;;;;;;;;1-2/h6-12H,1-5H2,(H,22,25);1-5H,6-7,23H2,(H,17,20);1-6H,7-8,22H2;1-6H,(H,15,16);2*2-3,7H2,1H3;1,4H,2,8H2;1,6H2,(H,3,4);3H,1H2,(H,4,5);17*1H4;2H2/q;;;;;;+1;;;;;;;;;;;;;;;;;;;;-1. The number of nitrogens with one attached hydrogen (secondary N) is 4. The molecule has 1 aliphatic rings. The summed E-state index contributed by atoms with van der Waals surface area (Å²) in [5, 5.41) is 28.6. The third-order valence-corrected chi connectivity index (χ3v) is 18.0. The number of carbonyl (C=O) groups is 7. The molecule has 7 unspecified atom stereocenters. The molecule has 44 heteroatoms. The van der Waals surface area contributed by atoms with Crippen molar-refractivity contribution in [2.45, 2.75) is 204 Å². The van der Waals surface area contributed by atoms with Crippen molar-refractivity contribution in [1.82, 2.24) is 43.4 Å². The van der Waals surface area contributed by atoms with Crippen LogP contribution >= 0.6 is 66.3 Å². The largest absolute Gasteiger partial charge is 0.834 e. The van der Waals surface area contributed by atoms with Gasteiger partial charge in [0.25, 0.3) is 33.6 Å². The highest BCUT2D eigenvalue weighted by molar-refractivity contribution is 7.10. The maximum Gasteiger partial charge on any atom is 0.375 e. The molecule has 13 aromatic rings. The second-order valence-electron chi connectivity index (χ2n) is 25.0. The van der Waals surface area contributed by atoms with E-state index in [4.69, 9.17) is 40.0 Å². The predicted octanol–water partition coefficient (Wildman–Crippen LogP) is 20.3. The summed E-state index contributed by atoms with van der Waals surface area (Å²) < 4.78 is 85.4. The van der Waals surface area contributed by atoms with E-state index in [1.54, 1.807) is 43.0 Å². The summed E-state index contributed by atoms with van der Waals surface area (Å²) >= 11 is 0. The number of carboxylic acid groups (broad SMARTS) is 2. The minimum Gasteiger partial charge on any atom is -0.834 e. The quantitative estimate of drug-likeness (QED) is 0.00877. The molecule has 1 saturated carbocycles. The van der Waals surface area contributed by atoms with Crippen LogP contribution in [0.15, 0.2) is 164 Å². The average Bonchev–Trinajstić information content (AvgIpc) is 1.47. The molecule has 0 amide bonds. The fourth-order valence-electron chi connectivity index (χ4n) is 11.8. The summed E-state index contributed by atoms with van der Waals surface area (Å²) in [5.74, 6) is -3.96. The highest BCUT2D eigenvalue weighted by Crippen LogP contribution is 2.35. The van der Waals surface area contributed by atoms with Crippen LogP contribution in [-0.2, 0) is 73.8 Å². The third kappa shape index (κ3) is 45.8. The van der Waals surface area contributed by atoms with Gasteiger partial charge in [-0.05, 0) is 110 Å². The number of carbonyl (C=O) groups excluding carboxylic acids is 5. The number of aromatic nitrogens is 9. The third-order valence-electron chi connectivity index (χ3n) is 17.0. The first-order chi connectivity index (χ1) is 58.1. The second-order valence-corrected chi connectivity index (χ2v) is 27.0. The number of aliphatic hydroxyl groups excluding tert-OH is 1. The van der Waals surface area contributed by atoms with Gasteiger partial charge in [-0.15, -0.1) is 0 Å². The van der Waals surface area contributed by atoms with Gasteiger partial charge in [0.15, 0.2) is 23.1 Å². The van der Waals surface area contributed by atoms with Crippen molar-refractivity contribution in [3.05, 3.63) is 221 Å². The number of aromatic amines is 3. The number of carboxylic acids is 2. The highest BCUT2D eigenvalue weighted by atomic mass is 31.0. The Balaban J connectivity index is -0.000000119. The van der Waals surface area contributed by atoms with Crippen LogP contribution in [0.25, 0.3) is 92.3 Å². The molecule has 7 atom stereocenters. The Morgan fingerprint density at radius 3 is 1.23 bits per heavy atom. The minimum atomic E-state index is -1.19. The summed E-state index contributed by atoms with van der Waals surface area (Å²) in [6, 6.07) is 23.0. The molecule has 7 N–H and O–H groups in total. The van der Waals surface area contributed by atoms with E-state index in [0.717, 1.165) is 58.8 Å². The molecule has 33 nitrogen and oxygen atoms in total. The maximum absolute atomic E-state index is 13.9. The molecule has 9 heterocycles. The van der Waals surface area contributed by atoms with E-state index in [0.29, 0.717) is 67.5 Å². The monoisotopic (exact) mass is 2080 g/mol. The van der Waals surface area contributed by atoms with Crippen molar-refractivity contribution >= 4 is 206 Å². The first-order valence-electron chi connectivity index (χ1n) is 35.6. The van der Waals surface area contributed by atoms with Crippen molar-refractivity contribution in [3.63, 3.8) is 0 Å². The number of halogens is 4. The van der Waals surface area contributed by atoms with Crippen LogP contribution in [0.2, 0.25) is 0 Å². The Kier molecular flexibility index (Phi) is 92.2. The van der Waals surface area contributed by atoms with E-state index < -0.39 is 41.3 Å². The number of nitrogens with zero attached hydrogens (tertiary/aromatic N) is 7. The Bertz CT molecular complexity index is 6180. The number of aliphatic hydroxyl groups is 1. The lowest BCUT2D eigenvalue weighted by atomic mass is 9.87. The van der Waals surface area contributed by atoms with Crippen LogP contribution in [-0.4, -0.2) is 157 Å². The van der Waals surface area contributed by atoms with Gasteiger partial charge >= 0.3 is 18.2 Å². The van der Waals surface area contributed by atoms with E-state index in [1.165, 1.54) is 111 Å². The Hall–Kier alpha value is -10.2. The van der Waals surface area contributed by atoms with Crippen LogP contribution < -0.4 is 32.7 Å². The lowest BCUT2D eigenvalue weighted by molar-refractivity contribution is -0.142. The molecular weight excluding hydrogens is 1930 g/mol. The number of fused-ring (bicyclic) bond motifs is 15. The normalized spacial score (nSPS) is 9.88. The predicted molar refractivity (Wildman–Crippen MR) is 581 cm³/mol. The fraction of sp³-hybridized carbons (Fsp3) is 0.383. The van der Waals surface area contributed by atoms with E-state index in [-0.39, 0.29) is 258 Å². The number of aliphatic carboxylic acids is 2. The summed E-state index contributed by atoms with van der Waals surface area (Å²) in [6.07, 6.45) is 19.5. The van der Waals surface area contributed by atoms with Gasteiger partial charge in [0, 0.05) is 173 Å². The summed E-state index contributed by atoms with van der Waals surface area (Å²) in [5.41, 5.74) is 8.64. The number of ketones is 5. The number of Topliss-reactive ketones (excluding diaryl/α,β-unsaturated/α-hetero) is 5. The van der Waals surface area contributed by atoms with Crippen molar-refractivity contribution < 1.29 is 103 Å². The van der Waals surface area contributed by atoms with Crippen LogP contribution in [0.5, 0.6) is 0 Å². The molecule has 14 rings (SSSR count). The van der Waals surface area contributed by atoms with Crippen LogP contribution in [0, 0.1) is 28.8 Å². The average molecular weight is 2080 g/mol. The number of hydrogen-bond donors (Lipinski definition) is 7. The smallest absolute Gasteiger partial charge is 0.375 e. The number of rotatable bonds is 21. The number of benzene rings is 4. The van der Waals surface area contributed by atoms with E-state index in [9.17, 15) is 70.3 Å². The zero-order valence-electron chi connectivity index (χ0n) is 64.5. The zero-order valence-corrected chi connectivity index (χ0v) is 72.6. The van der Waals surface area contributed by atoms with Crippen LogP contribution in [0.4, 0.5) is 17.6 Å². The highest BCUT2D eigenvalue weighted by Gasteiger charge is 2.23. The number of imidazole rings is 1. The topological polar surface area (TPSA) is 482 Å². The zero-order chi connectivity index (χ0) is 89.4. The Morgan fingerprint density at radius 2 is 0.826 bits per heavy atom. The lowest BCUT2D eigenvalue weighted by Crippen LogP contribution is -2.27. The molecule has 778 valence electrons. The lowest BCUT2D eigenvalue weighted by Gasteiger charge is -2.19. The first kappa shape index (κ1) is 156. The van der Waals surface area contributed by atoms with Gasteiger partial charge in [0.2, 0.25) is 0 Å². The van der Waals surface area contributed by atoms with Gasteiger partial charge in [-0.2, -0.15) is 0 Å². The molecule has 1 aliphatic carbocycles. The molecular formula is C94H152F4N11O22P7. The summed E-state index contributed by atoms with van der Waals surface area (Å²) in [4.78, 5) is 166. The molecule has 0 aliphatic heterocycles. The molecule has 138 heavy (non-hydrogen) atoms. The van der Waals surface area contributed by atoms with Crippen molar-refractivity contribution in [2.75, 3.05) is 46.2 Å². The fourth-order valence-corrected chi connectivity index (χ4v) is 12.8. The SMILES string of the molecule is C.C.C.C.C.C.C.C.C.C.C.C.C.C.C.C.C.CCC(=O)COP.CCC(=O)COP.N=[N+]=CC(=O)COP.O=C(COP)Cn1c(=O)c2ccc(F)cc2c2c(=O)[nH]ccc21.O=C(COP)Cn1c(=O)c2ccc(F)cc2c2cnccc21.O=C(O)CO.O=C(O)COP.O=c1[nH]c2ccncc2c2cc(F)ccc12.O=c1[nH]ccc2c1c1cc(F)ccc1c1nc(C3CCCCC3)cn21.[O-]P. The van der Waals surface area contributed by atoms with Crippen molar-refractivity contribution in [1.29, 1.82) is 5.53 Å². The van der Waals surface area contributed by atoms with Gasteiger partial charge in [0.05, 0.1) is 61.9 Å². The van der Waals surface area contributed by atoms with Gasteiger partial charge < -0.3 is 66.9 Å². The molecule has 0 radical (unpaired) electrons. The number of hydrogen-bond acceptors (Lipinski definition) is 24. The van der Waals surface area contributed by atoms with Crippen molar-refractivity contribution in [3.8, 4) is 0 Å². The molecule has 9 aromatic heterocycles. The minimum absolute atomic E-state index is 0. The van der Waals surface area contributed by atoms with Crippen LogP contribution in [0.1, 0.15) is 197 Å². The molecule has 0 bridgehead atoms. The van der Waals surface area contributed by atoms with Gasteiger partial charge in [-0.25, -0.2) is 41.6 Å². The van der Waals surface area contributed by atoms with Gasteiger partial charge in [-0.1, -0.05) is 159 Å². The molecule has 1 fully saturated rings. The van der Waals surface area contributed by atoms with E-state index >= 15 is 0 Å². The van der Waals surface area contributed by atoms with E-state index in [1.807, 2.05) is 81.1 Å². The van der Waals surface area contributed by atoms with Crippen LogP contribution in [0.3, 0.4) is 0 Å². The Labute approximate surface area is 825 Å². The summed E-state index contributed by atoms with van der Waals surface area (Å²) in [7, 11) is 13.0. The van der Waals surface area contributed by atoms with Gasteiger partial charge in [-0.3, -0.25) is 66.9 Å². The van der Waals surface area contributed by atoms with E-state index in [2.05, 4.69) is 58.5 Å². The number of pyridine rings is 8.